The van der Waals surface area contributed by atoms with Gasteiger partial charge in [0.2, 0.25) is 0 Å². The van der Waals surface area contributed by atoms with E-state index in [4.69, 9.17) is 10.5 Å². The van der Waals surface area contributed by atoms with Crippen molar-refractivity contribution < 1.29 is 9.53 Å². The summed E-state index contributed by atoms with van der Waals surface area (Å²) in [6.45, 7) is 5.72. The Labute approximate surface area is 133 Å². The van der Waals surface area contributed by atoms with Gasteiger partial charge >= 0.3 is 0 Å². The lowest BCUT2D eigenvalue weighted by molar-refractivity contribution is 0.101. The molecule has 4 heteroatoms. The van der Waals surface area contributed by atoms with Crippen LogP contribution in [0.1, 0.15) is 42.6 Å². The molecule has 0 aliphatic carbocycles. The summed E-state index contributed by atoms with van der Waals surface area (Å²) in [7, 11) is 0. The number of nitrogens with two attached hydrogens (primary N) is 1. The molecule has 2 rings (SSSR count). The van der Waals surface area contributed by atoms with E-state index in [1.54, 1.807) is 18.2 Å². The Morgan fingerprint density at radius 1 is 1.19 bits per heavy atom. The minimum absolute atomic E-state index is 0.0504. The van der Waals surface area contributed by atoms with Gasteiger partial charge in [0.25, 0.3) is 0 Å². The largest absolute Gasteiger partial charge is 0.457 e. The summed E-state index contributed by atoms with van der Waals surface area (Å²) in [5, 5.41) is 0. The van der Waals surface area contributed by atoms with Crippen LogP contribution < -0.4 is 10.5 Å². The van der Waals surface area contributed by atoms with Gasteiger partial charge in [-0.15, -0.1) is 0 Å². The standard InChI is InChI=1S/C17H18BrNO2/c1-10(2)15-8-12(18)4-7-17(15)21-13-5-6-14(11(3)20)16(19)9-13/h4-10H,19H2,1-3H3. The molecular weight excluding hydrogens is 330 g/mol. The maximum atomic E-state index is 11.4. The zero-order chi connectivity index (χ0) is 15.6. The van der Waals surface area contributed by atoms with Crippen molar-refractivity contribution in [3.63, 3.8) is 0 Å². The van der Waals surface area contributed by atoms with Gasteiger partial charge in [-0.3, -0.25) is 4.79 Å². The van der Waals surface area contributed by atoms with Gasteiger partial charge in [0, 0.05) is 21.8 Å². The van der Waals surface area contributed by atoms with E-state index in [0.717, 1.165) is 15.8 Å². The molecule has 0 bridgehead atoms. The average Bonchev–Trinajstić information content (AvgIpc) is 2.40. The van der Waals surface area contributed by atoms with Gasteiger partial charge < -0.3 is 10.5 Å². The van der Waals surface area contributed by atoms with E-state index in [1.165, 1.54) is 6.92 Å². The maximum Gasteiger partial charge on any atom is 0.161 e. The fourth-order valence-electron chi connectivity index (χ4n) is 2.12. The Hall–Kier alpha value is -1.81. The van der Waals surface area contributed by atoms with Crippen LogP contribution in [0.25, 0.3) is 0 Å². The molecule has 2 N–H and O–H groups in total. The van der Waals surface area contributed by atoms with Crippen molar-refractivity contribution in [3.05, 3.63) is 52.0 Å². The first-order valence-electron chi connectivity index (χ1n) is 6.76. The molecule has 0 aromatic heterocycles. The molecule has 0 radical (unpaired) electrons. The molecule has 0 fully saturated rings. The molecule has 0 unspecified atom stereocenters. The van der Waals surface area contributed by atoms with Gasteiger partial charge in [-0.1, -0.05) is 29.8 Å². The number of Topliss-reactive ketones (excluding diaryl/α,β-unsaturated/α-hetero) is 1. The second-order valence-corrected chi connectivity index (χ2v) is 6.16. The molecule has 0 spiro atoms. The summed E-state index contributed by atoms with van der Waals surface area (Å²) in [4.78, 5) is 11.4. The molecule has 0 saturated heterocycles. The van der Waals surface area contributed by atoms with Crippen molar-refractivity contribution in [3.8, 4) is 11.5 Å². The lowest BCUT2D eigenvalue weighted by Gasteiger charge is -2.15. The van der Waals surface area contributed by atoms with Gasteiger partial charge in [0.05, 0.1) is 0 Å². The zero-order valence-corrected chi connectivity index (χ0v) is 13.9. The number of anilines is 1. The highest BCUT2D eigenvalue weighted by atomic mass is 79.9. The highest BCUT2D eigenvalue weighted by molar-refractivity contribution is 9.10. The molecule has 21 heavy (non-hydrogen) atoms. The second kappa shape index (κ2) is 6.31. The molecule has 110 valence electrons. The Balaban J connectivity index is 2.34. The molecule has 2 aromatic carbocycles. The number of ether oxygens (including phenoxy) is 1. The summed E-state index contributed by atoms with van der Waals surface area (Å²) in [6.07, 6.45) is 0. The Kier molecular flexibility index (Phi) is 4.68. The smallest absolute Gasteiger partial charge is 0.161 e. The first kappa shape index (κ1) is 15.6. The molecule has 3 nitrogen and oxygen atoms in total. The van der Waals surface area contributed by atoms with Crippen LogP contribution in [0.15, 0.2) is 40.9 Å². The van der Waals surface area contributed by atoms with E-state index in [0.29, 0.717) is 22.9 Å². The predicted molar refractivity (Wildman–Crippen MR) is 89.2 cm³/mol. The fraction of sp³-hybridized carbons (Fsp3) is 0.235. The quantitative estimate of drug-likeness (QED) is 0.614. The number of carbonyl (C=O) groups excluding carboxylic acids is 1. The van der Waals surface area contributed by atoms with E-state index in [2.05, 4.69) is 29.8 Å². The SMILES string of the molecule is CC(=O)c1ccc(Oc2ccc(Br)cc2C(C)C)cc1N. The average molecular weight is 348 g/mol. The zero-order valence-electron chi connectivity index (χ0n) is 12.3. The summed E-state index contributed by atoms with van der Waals surface area (Å²) >= 11 is 3.47. The second-order valence-electron chi connectivity index (χ2n) is 5.24. The third kappa shape index (κ3) is 3.64. The van der Waals surface area contributed by atoms with Crippen LogP contribution in [0, 0.1) is 0 Å². The number of benzene rings is 2. The first-order chi connectivity index (χ1) is 9.88. The lowest BCUT2D eigenvalue weighted by atomic mass is 10.0. The highest BCUT2D eigenvalue weighted by Gasteiger charge is 2.11. The number of hydrogen-bond donors (Lipinski definition) is 1. The van der Waals surface area contributed by atoms with Crippen LogP contribution in [0.3, 0.4) is 0 Å². The number of hydrogen-bond acceptors (Lipinski definition) is 3. The first-order valence-corrected chi connectivity index (χ1v) is 7.55. The van der Waals surface area contributed by atoms with Crippen LogP contribution in [0.2, 0.25) is 0 Å². The molecule has 0 aliphatic heterocycles. The third-order valence-electron chi connectivity index (χ3n) is 3.22. The molecule has 0 amide bonds. The van der Waals surface area contributed by atoms with Crippen molar-refractivity contribution in [1.82, 2.24) is 0 Å². The van der Waals surface area contributed by atoms with E-state index < -0.39 is 0 Å². The van der Waals surface area contributed by atoms with Gasteiger partial charge in [0.15, 0.2) is 5.78 Å². The monoisotopic (exact) mass is 347 g/mol. The topological polar surface area (TPSA) is 52.3 Å². The van der Waals surface area contributed by atoms with Crippen LogP contribution >= 0.6 is 15.9 Å². The molecule has 0 saturated carbocycles. The van der Waals surface area contributed by atoms with E-state index in [-0.39, 0.29) is 5.78 Å². The molecule has 0 atom stereocenters. The van der Waals surface area contributed by atoms with Crippen LogP contribution in [0.4, 0.5) is 5.69 Å². The van der Waals surface area contributed by atoms with E-state index in [1.807, 2.05) is 18.2 Å². The Morgan fingerprint density at radius 3 is 2.48 bits per heavy atom. The van der Waals surface area contributed by atoms with Crippen LogP contribution in [0.5, 0.6) is 11.5 Å². The highest BCUT2D eigenvalue weighted by Crippen LogP contribution is 2.33. The minimum Gasteiger partial charge on any atom is -0.457 e. The third-order valence-corrected chi connectivity index (χ3v) is 3.72. The number of rotatable bonds is 4. The normalized spacial score (nSPS) is 10.7. The Bertz CT molecular complexity index is 680. The fourth-order valence-corrected chi connectivity index (χ4v) is 2.49. The summed E-state index contributed by atoms with van der Waals surface area (Å²) < 4.78 is 6.95. The number of ketones is 1. The number of carbonyl (C=O) groups is 1. The van der Waals surface area contributed by atoms with Gasteiger partial charge in [0.1, 0.15) is 11.5 Å². The number of halogens is 1. The van der Waals surface area contributed by atoms with Crippen LogP contribution in [-0.4, -0.2) is 5.78 Å². The van der Waals surface area contributed by atoms with Gasteiger partial charge in [-0.25, -0.2) is 0 Å². The molecule has 0 aliphatic rings. The van der Waals surface area contributed by atoms with Crippen LogP contribution in [-0.2, 0) is 0 Å². The molecule has 0 heterocycles. The van der Waals surface area contributed by atoms with Gasteiger partial charge in [-0.2, -0.15) is 0 Å². The minimum atomic E-state index is -0.0504. The van der Waals surface area contributed by atoms with Crippen molar-refractivity contribution >= 4 is 27.4 Å². The van der Waals surface area contributed by atoms with Crippen molar-refractivity contribution in [2.45, 2.75) is 26.7 Å². The predicted octanol–water partition coefficient (Wildman–Crippen LogP) is 5.15. The summed E-state index contributed by atoms with van der Waals surface area (Å²) in [6, 6.07) is 11.1. The summed E-state index contributed by atoms with van der Waals surface area (Å²) in [5.41, 5.74) is 7.95. The van der Waals surface area contributed by atoms with Crippen molar-refractivity contribution in [2.75, 3.05) is 5.73 Å². The Morgan fingerprint density at radius 2 is 1.90 bits per heavy atom. The maximum absolute atomic E-state index is 11.4. The van der Waals surface area contributed by atoms with Gasteiger partial charge in [-0.05, 0) is 48.7 Å². The van der Waals surface area contributed by atoms with E-state index >= 15 is 0 Å². The van der Waals surface area contributed by atoms with Crippen molar-refractivity contribution in [2.24, 2.45) is 0 Å². The number of nitrogen functional groups attached to an aromatic ring is 1. The van der Waals surface area contributed by atoms with Crippen molar-refractivity contribution in [1.29, 1.82) is 0 Å². The van der Waals surface area contributed by atoms with E-state index in [9.17, 15) is 4.79 Å². The summed E-state index contributed by atoms with van der Waals surface area (Å²) in [5.74, 6) is 1.71. The lowest BCUT2D eigenvalue weighted by Crippen LogP contribution is -2.00. The molecular formula is C17H18BrNO2. The molecule has 2 aromatic rings.